The number of piperidine rings is 1. The Kier molecular flexibility index (Phi) is 7.27. The lowest BCUT2D eigenvalue weighted by molar-refractivity contribution is 0.0976. The van der Waals surface area contributed by atoms with E-state index in [1.807, 2.05) is 0 Å². The van der Waals surface area contributed by atoms with Gasteiger partial charge in [-0.25, -0.2) is 4.39 Å². The van der Waals surface area contributed by atoms with Gasteiger partial charge in [0.05, 0.1) is 0 Å². The first-order valence-electron chi connectivity index (χ1n) is 8.55. The first-order valence-corrected chi connectivity index (χ1v) is 8.55. The molecule has 1 saturated heterocycles. The molecule has 1 aromatic carbocycles. The van der Waals surface area contributed by atoms with Crippen LogP contribution < -0.4 is 10.1 Å². The van der Waals surface area contributed by atoms with E-state index in [2.05, 4.69) is 24.1 Å². The standard InChI is InChI=1S/C18H29FN2O2/c1-14(2)12-21-9-7-16(8-10-21)20-11-17(22)13-23-18-5-3-15(19)4-6-18/h3-6,14,16-17,20,22H,7-13H2,1-2H3. The maximum atomic E-state index is 12.8. The average molecular weight is 324 g/mol. The largest absolute Gasteiger partial charge is 0.491 e. The third kappa shape index (κ3) is 6.85. The molecule has 1 aromatic rings. The van der Waals surface area contributed by atoms with E-state index in [1.165, 1.54) is 18.7 Å². The Balaban J connectivity index is 1.59. The molecule has 130 valence electrons. The summed E-state index contributed by atoms with van der Waals surface area (Å²) in [6.45, 7) is 8.65. The van der Waals surface area contributed by atoms with E-state index >= 15 is 0 Å². The number of hydrogen-bond acceptors (Lipinski definition) is 4. The molecular weight excluding hydrogens is 295 g/mol. The Morgan fingerprint density at radius 3 is 2.52 bits per heavy atom. The van der Waals surface area contributed by atoms with E-state index in [0.29, 0.717) is 24.3 Å². The minimum absolute atomic E-state index is 0.213. The highest BCUT2D eigenvalue weighted by molar-refractivity contribution is 5.22. The first-order chi connectivity index (χ1) is 11.0. The van der Waals surface area contributed by atoms with Crippen molar-refractivity contribution >= 4 is 0 Å². The second-order valence-electron chi connectivity index (χ2n) is 6.80. The number of halogens is 1. The molecule has 1 fully saturated rings. The Bertz CT molecular complexity index is 445. The van der Waals surface area contributed by atoms with Crippen molar-refractivity contribution in [1.29, 1.82) is 0 Å². The van der Waals surface area contributed by atoms with Gasteiger partial charge in [-0.2, -0.15) is 0 Å². The minimum atomic E-state index is -0.561. The van der Waals surface area contributed by atoms with E-state index in [-0.39, 0.29) is 12.4 Å². The second kappa shape index (κ2) is 9.21. The first kappa shape index (κ1) is 18.2. The smallest absolute Gasteiger partial charge is 0.123 e. The number of nitrogens with one attached hydrogen (secondary N) is 1. The summed E-state index contributed by atoms with van der Waals surface area (Å²) in [6.07, 6.45) is 1.69. The van der Waals surface area contributed by atoms with Crippen molar-refractivity contribution in [3.63, 3.8) is 0 Å². The predicted molar refractivity (Wildman–Crippen MR) is 90.2 cm³/mol. The van der Waals surface area contributed by atoms with Crippen molar-refractivity contribution in [1.82, 2.24) is 10.2 Å². The molecule has 0 radical (unpaired) electrons. The molecule has 23 heavy (non-hydrogen) atoms. The normalized spacial score (nSPS) is 18.3. The van der Waals surface area contributed by atoms with Gasteiger partial charge in [0.2, 0.25) is 0 Å². The fourth-order valence-corrected chi connectivity index (χ4v) is 2.92. The van der Waals surface area contributed by atoms with Crippen LogP contribution in [0.5, 0.6) is 5.75 Å². The fourth-order valence-electron chi connectivity index (χ4n) is 2.92. The van der Waals surface area contributed by atoms with Crippen LogP contribution in [0.4, 0.5) is 4.39 Å². The molecule has 1 heterocycles. The van der Waals surface area contributed by atoms with Gasteiger partial charge in [-0.15, -0.1) is 0 Å². The zero-order valence-electron chi connectivity index (χ0n) is 14.2. The molecule has 0 amide bonds. The van der Waals surface area contributed by atoms with Crippen molar-refractivity contribution in [2.24, 2.45) is 5.92 Å². The van der Waals surface area contributed by atoms with Crippen molar-refractivity contribution in [2.45, 2.75) is 38.8 Å². The molecule has 1 aliphatic rings. The molecule has 1 atom stereocenters. The molecule has 1 unspecified atom stereocenters. The lowest BCUT2D eigenvalue weighted by Crippen LogP contribution is -2.46. The summed E-state index contributed by atoms with van der Waals surface area (Å²) in [5, 5.41) is 13.4. The number of hydrogen-bond donors (Lipinski definition) is 2. The number of benzene rings is 1. The lowest BCUT2D eigenvalue weighted by Gasteiger charge is -2.33. The highest BCUT2D eigenvalue weighted by atomic mass is 19.1. The quantitative estimate of drug-likeness (QED) is 0.770. The van der Waals surface area contributed by atoms with Crippen LogP contribution in [0.2, 0.25) is 0 Å². The van der Waals surface area contributed by atoms with Crippen molar-refractivity contribution < 1.29 is 14.2 Å². The van der Waals surface area contributed by atoms with Crippen LogP contribution in [0.25, 0.3) is 0 Å². The van der Waals surface area contributed by atoms with Crippen LogP contribution in [0.3, 0.4) is 0 Å². The summed E-state index contributed by atoms with van der Waals surface area (Å²) in [5.74, 6) is 1.00. The van der Waals surface area contributed by atoms with Gasteiger partial charge in [-0.05, 0) is 56.1 Å². The van der Waals surface area contributed by atoms with Gasteiger partial charge in [0.1, 0.15) is 24.3 Å². The molecular formula is C18H29FN2O2. The number of ether oxygens (including phenoxy) is 1. The minimum Gasteiger partial charge on any atom is -0.491 e. The molecule has 2 N–H and O–H groups in total. The number of nitrogens with zero attached hydrogens (tertiary/aromatic N) is 1. The van der Waals surface area contributed by atoms with E-state index in [9.17, 15) is 9.50 Å². The van der Waals surface area contributed by atoms with Crippen molar-refractivity contribution in [2.75, 3.05) is 32.8 Å². The summed E-state index contributed by atoms with van der Waals surface area (Å²) in [7, 11) is 0. The Hall–Kier alpha value is -1.17. The molecule has 5 heteroatoms. The lowest BCUT2D eigenvalue weighted by atomic mass is 10.0. The maximum Gasteiger partial charge on any atom is 0.123 e. The Labute approximate surface area is 138 Å². The average Bonchev–Trinajstić information content (AvgIpc) is 2.53. The number of aliphatic hydroxyl groups excluding tert-OH is 1. The number of rotatable bonds is 8. The Morgan fingerprint density at radius 1 is 1.26 bits per heavy atom. The maximum absolute atomic E-state index is 12.8. The third-order valence-corrected chi connectivity index (χ3v) is 4.11. The van der Waals surface area contributed by atoms with Crippen LogP contribution in [-0.2, 0) is 0 Å². The van der Waals surface area contributed by atoms with Crippen LogP contribution in [-0.4, -0.2) is 54.9 Å². The van der Waals surface area contributed by atoms with Crippen LogP contribution in [0.1, 0.15) is 26.7 Å². The SMILES string of the molecule is CC(C)CN1CCC(NCC(O)COc2ccc(F)cc2)CC1. The predicted octanol–water partition coefficient (Wildman–Crippen LogP) is 2.28. The number of likely N-dealkylation sites (tertiary alicyclic amines) is 1. The van der Waals surface area contributed by atoms with Gasteiger partial charge in [-0.1, -0.05) is 13.8 Å². The summed E-state index contributed by atoms with van der Waals surface area (Å²) in [5.41, 5.74) is 0. The summed E-state index contributed by atoms with van der Waals surface area (Å²) in [4.78, 5) is 2.51. The molecule has 4 nitrogen and oxygen atoms in total. The van der Waals surface area contributed by atoms with Gasteiger partial charge in [-0.3, -0.25) is 0 Å². The molecule has 0 spiro atoms. The van der Waals surface area contributed by atoms with Crippen molar-refractivity contribution in [3.05, 3.63) is 30.1 Å². The zero-order valence-corrected chi connectivity index (χ0v) is 14.2. The highest BCUT2D eigenvalue weighted by Gasteiger charge is 2.20. The molecule has 1 aliphatic heterocycles. The van der Waals surface area contributed by atoms with Crippen LogP contribution in [0.15, 0.2) is 24.3 Å². The molecule has 0 bridgehead atoms. The van der Waals surface area contributed by atoms with Gasteiger partial charge in [0, 0.05) is 19.1 Å². The van der Waals surface area contributed by atoms with Gasteiger partial charge in [0.15, 0.2) is 0 Å². The van der Waals surface area contributed by atoms with E-state index in [1.54, 1.807) is 12.1 Å². The van der Waals surface area contributed by atoms with Crippen molar-refractivity contribution in [3.8, 4) is 5.75 Å². The molecule has 0 saturated carbocycles. The molecule has 0 aromatic heterocycles. The van der Waals surface area contributed by atoms with E-state index in [4.69, 9.17) is 4.74 Å². The van der Waals surface area contributed by atoms with E-state index < -0.39 is 6.10 Å². The monoisotopic (exact) mass is 324 g/mol. The van der Waals surface area contributed by atoms with Crippen LogP contribution in [0, 0.1) is 11.7 Å². The summed E-state index contributed by atoms with van der Waals surface area (Å²) in [6, 6.07) is 6.31. The summed E-state index contributed by atoms with van der Waals surface area (Å²) < 4.78 is 18.2. The topological polar surface area (TPSA) is 44.7 Å². The van der Waals surface area contributed by atoms with Crippen LogP contribution >= 0.6 is 0 Å². The Morgan fingerprint density at radius 2 is 1.91 bits per heavy atom. The fraction of sp³-hybridized carbons (Fsp3) is 0.667. The third-order valence-electron chi connectivity index (χ3n) is 4.11. The highest BCUT2D eigenvalue weighted by Crippen LogP contribution is 2.13. The number of aliphatic hydroxyl groups is 1. The van der Waals surface area contributed by atoms with Gasteiger partial charge < -0.3 is 20.1 Å². The molecule has 2 rings (SSSR count). The summed E-state index contributed by atoms with van der Waals surface area (Å²) >= 11 is 0. The zero-order chi connectivity index (χ0) is 16.7. The van der Waals surface area contributed by atoms with Gasteiger partial charge in [0.25, 0.3) is 0 Å². The van der Waals surface area contributed by atoms with E-state index in [0.717, 1.165) is 25.9 Å². The molecule has 0 aliphatic carbocycles. The van der Waals surface area contributed by atoms with Gasteiger partial charge >= 0.3 is 0 Å². The second-order valence-corrected chi connectivity index (χ2v) is 6.80.